The summed E-state index contributed by atoms with van der Waals surface area (Å²) < 4.78 is 5.50. The van der Waals surface area contributed by atoms with Crippen LogP contribution < -0.4 is 0 Å². The summed E-state index contributed by atoms with van der Waals surface area (Å²) in [7, 11) is 2.03. The van der Waals surface area contributed by atoms with Crippen LogP contribution in [-0.4, -0.2) is 31.2 Å². The average Bonchev–Trinajstić information content (AvgIpc) is 2.31. The van der Waals surface area contributed by atoms with Crippen molar-refractivity contribution in [2.75, 3.05) is 20.2 Å². The van der Waals surface area contributed by atoms with Crippen molar-refractivity contribution in [3.8, 4) is 6.07 Å². The Morgan fingerprint density at radius 2 is 2.17 bits per heavy atom. The lowest BCUT2D eigenvalue weighted by molar-refractivity contribution is 0.0627. The highest BCUT2D eigenvalue weighted by molar-refractivity contribution is 6.31. The normalized spacial score (nSPS) is 10.9. The smallest absolute Gasteiger partial charge is 0.0992 e. The van der Waals surface area contributed by atoms with Gasteiger partial charge in [0.05, 0.1) is 24.3 Å². The van der Waals surface area contributed by atoms with Crippen molar-refractivity contribution in [3.63, 3.8) is 0 Å². The summed E-state index contributed by atoms with van der Waals surface area (Å²) >= 11 is 6.13. The molecule has 98 valence electrons. The molecule has 0 heterocycles. The van der Waals surface area contributed by atoms with Crippen molar-refractivity contribution >= 4 is 11.6 Å². The van der Waals surface area contributed by atoms with Crippen LogP contribution in [0.15, 0.2) is 18.2 Å². The molecule has 0 radical (unpaired) electrons. The fourth-order valence-corrected chi connectivity index (χ4v) is 1.80. The third kappa shape index (κ3) is 5.05. The molecule has 1 aromatic rings. The molecule has 3 nitrogen and oxygen atoms in total. The van der Waals surface area contributed by atoms with Crippen molar-refractivity contribution in [1.82, 2.24) is 4.90 Å². The van der Waals surface area contributed by atoms with Gasteiger partial charge in [0.15, 0.2) is 0 Å². The van der Waals surface area contributed by atoms with E-state index in [1.54, 1.807) is 12.1 Å². The summed E-state index contributed by atoms with van der Waals surface area (Å²) in [5.41, 5.74) is 1.62. The van der Waals surface area contributed by atoms with Gasteiger partial charge >= 0.3 is 0 Å². The number of nitriles is 1. The van der Waals surface area contributed by atoms with Gasteiger partial charge in [0.1, 0.15) is 0 Å². The Hall–Kier alpha value is -1.08. The molecular weight excluding hydrogens is 248 g/mol. The minimum atomic E-state index is 0.261. The predicted molar refractivity (Wildman–Crippen MR) is 73.6 cm³/mol. The molecule has 0 spiro atoms. The number of ether oxygens (including phenoxy) is 1. The molecule has 0 unspecified atom stereocenters. The summed E-state index contributed by atoms with van der Waals surface area (Å²) in [5, 5.41) is 9.41. The Kier molecular flexibility index (Phi) is 6.14. The molecule has 0 amide bonds. The van der Waals surface area contributed by atoms with Crippen molar-refractivity contribution in [2.45, 2.75) is 26.5 Å². The van der Waals surface area contributed by atoms with E-state index < -0.39 is 0 Å². The molecule has 0 aliphatic carbocycles. The fraction of sp³-hybridized carbons (Fsp3) is 0.500. The number of halogens is 1. The van der Waals surface area contributed by atoms with Crippen LogP contribution in [0, 0.1) is 11.3 Å². The standard InChI is InChI=1S/C14H19ClN2O/c1-11(2)18-7-6-17(3)10-13-5-4-12(9-16)8-14(13)15/h4-5,8,11H,6-7,10H2,1-3H3. The summed E-state index contributed by atoms with van der Waals surface area (Å²) in [6.45, 7) is 6.37. The molecule has 0 aliphatic rings. The summed E-state index contributed by atoms with van der Waals surface area (Å²) in [6, 6.07) is 7.48. The number of hydrogen-bond acceptors (Lipinski definition) is 3. The van der Waals surface area contributed by atoms with Crippen LogP contribution in [0.5, 0.6) is 0 Å². The van der Waals surface area contributed by atoms with Crippen LogP contribution in [0.1, 0.15) is 25.0 Å². The van der Waals surface area contributed by atoms with Gasteiger partial charge in [-0.2, -0.15) is 5.26 Å². The first-order valence-electron chi connectivity index (χ1n) is 6.01. The minimum absolute atomic E-state index is 0.261. The monoisotopic (exact) mass is 266 g/mol. The Morgan fingerprint density at radius 3 is 2.72 bits per heavy atom. The second-order valence-corrected chi connectivity index (χ2v) is 4.98. The molecule has 1 rings (SSSR count). The molecule has 18 heavy (non-hydrogen) atoms. The van der Waals surface area contributed by atoms with Gasteiger partial charge < -0.3 is 4.74 Å². The Bertz CT molecular complexity index is 426. The third-order valence-electron chi connectivity index (χ3n) is 2.55. The maximum atomic E-state index is 8.77. The van der Waals surface area contributed by atoms with Gasteiger partial charge in [-0.15, -0.1) is 0 Å². The zero-order valence-electron chi connectivity index (χ0n) is 11.1. The van der Waals surface area contributed by atoms with Crippen LogP contribution >= 0.6 is 11.6 Å². The van der Waals surface area contributed by atoms with E-state index in [2.05, 4.69) is 11.0 Å². The van der Waals surface area contributed by atoms with Crippen molar-refractivity contribution in [3.05, 3.63) is 34.3 Å². The maximum absolute atomic E-state index is 8.77. The van der Waals surface area contributed by atoms with Crippen molar-refractivity contribution in [1.29, 1.82) is 5.26 Å². The van der Waals surface area contributed by atoms with E-state index >= 15 is 0 Å². The highest BCUT2D eigenvalue weighted by Crippen LogP contribution is 2.18. The molecular formula is C14H19ClN2O. The number of nitrogens with zero attached hydrogens (tertiary/aromatic N) is 2. The Morgan fingerprint density at radius 1 is 1.44 bits per heavy atom. The van der Waals surface area contributed by atoms with Crippen LogP contribution in [0.25, 0.3) is 0 Å². The summed E-state index contributed by atoms with van der Waals surface area (Å²) in [6.07, 6.45) is 0.261. The second kappa shape index (κ2) is 7.38. The number of likely N-dealkylation sites (N-methyl/N-ethyl adjacent to an activating group) is 1. The first-order chi connectivity index (χ1) is 8.52. The summed E-state index contributed by atoms with van der Waals surface area (Å²) in [4.78, 5) is 2.15. The van der Waals surface area contributed by atoms with Crippen molar-refractivity contribution in [2.24, 2.45) is 0 Å². The van der Waals surface area contributed by atoms with Gasteiger partial charge in [-0.25, -0.2) is 0 Å². The molecule has 0 aliphatic heterocycles. The largest absolute Gasteiger partial charge is 0.377 e. The molecule has 0 saturated carbocycles. The zero-order chi connectivity index (χ0) is 13.5. The van der Waals surface area contributed by atoms with E-state index in [0.717, 1.165) is 18.7 Å². The molecule has 0 bridgehead atoms. The summed E-state index contributed by atoms with van der Waals surface area (Å²) in [5.74, 6) is 0. The highest BCUT2D eigenvalue weighted by atomic mass is 35.5. The Labute approximate surface area is 114 Å². The van der Waals surface area contributed by atoms with Gasteiger partial charge in [0.2, 0.25) is 0 Å². The van der Waals surface area contributed by atoms with E-state index in [4.69, 9.17) is 21.6 Å². The van der Waals surface area contributed by atoms with Gasteiger partial charge in [-0.3, -0.25) is 4.90 Å². The quantitative estimate of drug-likeness (QED) is 0.794. The SMILES string of the molecule is CC(C)OCCN(C)Cc1ccc(C#N)cc1Cl. The highest BCUT2D eigenvalue weighted by Gasteiger charge is 2.06. The molecule has 1 aromatic carbocycles. The van der Waals surface area contributed by atoms with Crippen LogP contribution in [0.2, 0.25) is 5.02 Å². The molecule has 0 saturated heterocycles. The van der Waals surface area contributed by atoms with E-state index in [0.29, 0.717) is 17.2 Å². The van der Waals surface area contributed by atoms with Gasteiger partial charge in [0.25, 0.3) is 0 Å². The lowest BCUT2D eigenvalue weighted by Crippen LogP contribution is -2.24. The number of rotatable bonds is 6. The van der Waals surface area contributed by atoms with Crippen LogP contribution in [0.4, 0.5) is 0 Å². The predicted octanol–water partition coefficient (Wildman–Crippen LogP) is 3.07. The molecule has 0 aromatic heterocycles. The molecule has 0 atom stereocenters. The average molecular weight is 267 g/mol. The van der Waals surface area contributed by atoms with Gasteiger partial charge in [-0.1, -0.05) is 17.7 Å². The maximum Gasteiger partial charge on any atom is 0.0992 e. The number of benzene rings is 1. The van der Waals surface area contributed by atoms with E-state index in [1.807, 2.05) is 27.0 Å². The molecule has 0 N–H and O–H groups in total. The topological polar surface area (TPSA) is 36.3 Å². The Balaban J connectivity index is 2.49. The van der Waals surface area contributed by atoms with E-state index in [9.17, 15) is 0 Å². The first kappa shape index (κ1) is 15.0. The fourth-order valence-electron chi connectivity index (χ4n) is 1.56. The minimum Gasteiger partial charge on any atom is -0.377 e. The van der Waals surface area contributed by atoms with Crippen molar-refractivity contribution < 1.29 is 4.74 Å². The molecule has 4 heteroatoms. The van der Waals surface area contributed by atoms with Gasteiger partial charge in [-0.05, 0) is 38.6 Å². The van der Waals surface area contributed by atoms with Gasteiger partial charge in [0, 0.05) is 18.1 Å². The van der Waals surface area contributed by atoms with Crippen LogP contribution in [-0.2, 0) is 11.3 Å². The van der Waals surface area contributed by atoms with E-state index in [-0.39, 0.29) is 6.10 Å². The lowest BCUT2D eigenvalue weighted by Gasteiger charge is -2.18. The first-order valence-corrected chi connectivity index (χ1v) is 6.39. The lowest BCUT2D eigenvalue weighted by atomic mass is 10.1. The van der Waals surface area contributed by atoms with Crippen LogP contribution in [0.3, 0.4) is 0 Å². The zero-order valence-corrected chi connectivity index (χ0v) is 11.9. The van der Waals surface area contributed by atoms with E-state index in [1.165, 1.54) is 0 Å². The molecule has 0 fully saturated rings. The second-order valence-electron chi connectivity index (χ2n) is 4.58. The number of hydrogen-bond donors (Lipinski definition) is 0. The third-order valence-corrected chi connectivity index (χ3v) is 2.90.